The van der Waals surface area contributed by atoms with E-state index in [9.17, 15) is 5.21 Å². The van der Waals surface area contributed by atoms with Crippen LogP contribution in [0.4, 0.5) is 0 Å². The van der Waals surface area contributed by atoms with Crippen LogP contribution in [-0.2, 0) is 6.42 Å². The second-order valence-electron chi connectivity index (χ2n) is 5.48. The smallest absolute Gasteiger partial charge is 0.135 e. The number of benzene rings is 2. The van der Waals surface area contributed by atoms with Crippen LogP contribution in [-0.4, -0.2) is 15.9 Å². The number of rotatable bonds is 4. The predicted octanol–water partition coefficient (Wildman–Crippen LogP) is 4.21. The van der Waals surface area contributed by atoms with Gasteiger partial charge in [-0.15, -0.1) is 0 Å². The lowest BCUT2D eigenvalue weighted by atomic mass is 9.95. The molecule has 0 saturated heterocycles. The molecule has 0 aliphatic carbocycles. The van der Waals surface area contributed by atoms with Gasteiger partial charge in [-0.3, -0.25) is 4.98 Å². The molecule has 0 unspecified atom stereocenters. The molecule has 0 aliphatic heterocycles. The highest BCUT2D eigenvalue weighted by Gasteiger charge is 2.13. The second-order valence-corrected chi connectivity index (χ2v) is 5.48. The van der Waals surface area contributed by atoms with Gasteiger partial charge in [-0.25, -0.2) is 0 Å². The van der Waals surface area contributed by atoms with Crippen LogP contribution in [0.3, 0.4) is 0 Å². The van der Waals surface area contributed by atoms with Crippen LogP contribution in [0.15, 0.2) is 78.1 Å². The maximum atomic E-state index is 9.51. The molecule has 0 radical (unpaired) electrons. The van der Waals surface area contributed by atoms with Crippen molar-refractivity contribution >= 4 is 5.71 Å². The van der Waals surface area contributed by atoms with E-state index in [2.05, 4.69) is 47.4 Å². The number of hydrogen-bond donors (Lipinski definition) is 1. The minimum atomic E-state index is 0.494. The van der Waals surface area contributed by atoms with E-state index in [0.717, 1.165) is 17.5 Å². The molecule has 0 amide bonds. The molecule has 114 valence electrons. The first kappa shape index (κ1) is 15.0. The first-order chi connectivity index (χ1) is 11.3. The van der Waals surface area contributed by atoms with E-state index >= 15 is 0 Å². The first-order valence-corrected chi connectivity index (χ1v) is 7.55. The number of oxime groups is 1. The zero-order valence-corrected chi connectivity index (χ0v) is 13.0. The predicted molar refractivity (Wildman–Crippen MR) is 92.1 cm³/mol. The summed E-state index contributed by atoms with van der Waals surface area (Å²) in [6, 6.07) is 22.0. The van der Waals surface area contributed by atoms with E-state index in [0.29, 0.717) is 11.4 Å². The molecule has 23 heavy (non-hydrogen) atoms. The molecule has 3 aromatic rings. The molecule has 0 fully saturated rings. The average Bonchev–Trinajstić information content (AvgIpc) is 2.60. The summed E-state index contributed by atoms with van der Waals surface area (Å²) in [4.78, 5) is 4.30. The molecular weight excluding hydrogens is 284 g/mol. The molecule has 1 N–H and O–H groups in total. The van der Waals surface area contributed by atoms with Gasteiger partial charge in [-0.2, -0.15) is 0 Å². The Balaban J connectivity index is 1.99. The van der Waals surface area contributed by atoms with E-state index in [-0.39, 0.29) is 0 Å². The van der Waals surface area contributed by atoms with Gasteiger partial charge in [0.2, 0.25) is 0 Å². The molecule has 0 aliphatic rings. The Morgan fingerprint density at radius 2 is 1.70 bits per heavy atom. The van der Waals surface area contributed by atoms with Crippen LogP contribution >= 0.6 is 0 Å². The lowest BCUT2D eigenvalue weighted by Crippen LogP contribution is -2.09. The Kier molecular flexibility index (Phi) is 4.48. The van der Waals surface area contributed by atoms with Crippen molar-refractivity contribution < 1.29 is 5.21 Å². The van der Waals surface area contributed by atoms with Crippen LogP contribution < -0.4 is 0 Å². The van der Waals surface area contributed by atoms with Gasteiger partial charge >= 0.3 is 0 Å². The SMILES string of the molecule is Cc1ccc(Cc2ccccc2C(=NO)c2ccccn2)cc1. The van der Waals surface area contributed by atoms with Crippen molar-refractivity contribution in [1.29, 1.82) is 0 Å². The van der Waals surface area contributed by atoms with E-state index < -0.39 is 0 Å². The zero-order valence-electron chi connectivity index (χ0n) is 13.0. The molecule has 3 nitrogen and oxygen atoms in total. The highest BCUT2D eigenvalue weighted by Crippen LogP contribution is 2.18. The largest absolute Gasteiger partial charge is 0.410 e. The lowest BCUT2D eigenvalue weighted by molar-refractivity contribution is 0.319. The second kappa shape index (κ2) is 6.88. The fourth-order valence-electron chi connectivity index (χ4n) is 2.58. The standard InChI is InChI=1S/C20H18N2O/c1-15-9-11-16(12-10-15)14-17-6-2-3-7-18(17)20(22-23)19-8-4-5-13-21-19/h2-13,23H,14H2,1H3. The summed E-state index contributed by atoms with van der Waals surface area (Å²) in [5.74, 6) is 0. The van der Waals surface area contributed by atoms with Gasteiger partial charge in [0.05, 0.1) is 5.69 Å². The summed E-state index contributed by atoms with van der Waals surface area (Å²) in [5.41, 5.74) is 5.62. The Bertz CT molecular complexity index is 809. The fraction of sp³-hybridized carbons (Fsp3) is 0.100. The molecule has 0 spiro atoms. The quantitative estimate of drug-likeness (QED) is 0.446. The van der Waals surface area contributed by atoms with Crippen LogP contribution in [0.25, 0.3) is 0 Å². The van der Waals surface area contributed by atoms with E-state index in [4.69, 9.17) is 0 Å². The van der Waals surface area contributed by atoms with E-state index in [1.165, 1.54) is 11.1 Å². The van der Waals surface area contributed by atoms with Crippen molar-refractivity contribution in [3.8, 4) is 0 Å². The van der Waals surface area contributed by atoms with E-state index in [1.807, 2.05) is 36.4 Å². The Morgan fingerprint density at radius 1 is 0.957 bits per heavy atom. The number of aromatic nitrogens is 1. The zero-order chi connectivity index (χ0) is 16.1. The third-order valence-corrected chi connectivity index (χ3v) is 3.80. The molecule has 0 atom stereocenters. The van der Waals surface area contributed by atoms with Gasteiger partial charge in [-0.1, -0.05) is 65.3 Å². The summed E-state index contributed by atoms with van der Waals surface area (Å²) in [6.45, 7) is 2.08. The highest BCUT2D eigenvalue weighted by molar-refractivity contribution is 6.12. The molecule has 3 rings (SSSR count). The highest BCUT2D eigenvalue weighted by atomic mass is 16.4. The fourth-order valence-corrected chi connectivity index (χ4v) is 2.58. The molecular formula is C20H18N2O. The summed E-state index contributed by atoms with van der Waals surface area (Å²) in [5, 5.41) is 13.0. The Labute approximate surface area is 136 Å². The topological polar surface area (TPSA) is 45.5 Å². The maximum absolute atomic E-state index is 9.51. The monoisotopic (exact) mass is 302 g/mol. The summed E-state index contributed by atoms with van der Waals surface area (Å²) in [7, 11) is 0. The molecule has 3 heteroatoms. The summed E-state index contributed by atoms with van der Waals surface area (Å²) in [6.07, 6.45) is 2.48. The summed E-state index contributed by atoms with van der Waals surface area (Å²) < 4.78 is 0. The lowest BCUT2D eigenvalue weighted by Gasteiger charge is -2.11. The van der Waals surface area contributed by atoms with Crippen molar-refractivity contribution in [1.82, 2.24) is 4.98 Å². The molecule has 1 heterocycles. The van der Waals surface area contributed by atoms with Gasteiger partial charge in [0.1, 0.15) is 5.71 Å². The normalized spacial score (nSPS) is 11.4. The van der Waals surface area contributed by atoms with Crippen molar-refractivity contribution in [2.45, 2.75) is 13.3 Å². The van der Waals surface area contributed by atoms with Crippen molar-refractivity contribution in [2.75, 3.05) is 0 Å². The van der Waals surface area contributed by atoms with Gasteiger partial charge in [0.15, 0.2) is 0 Å². The number of pyridine rings is 1. The number of aryl methyl sites for hydroxylation is 1. The maximum Gasteiger partial charge on any atom is 0.135 e. The van der Waals surface area contributed by atoms with Crippen LogP contribution in [0.2, 0.25) is 0 Å². The van der Waals surface area contributed by atoms with Gasteiger partial charge in [-0.05, 0) is 36.6 Å². The molecule has 0 saturated carbocycles. The van der Waals surface area contributed by atoms with Crippen LogP contribution in [0, 0.1) is 6.92 Å². The minimum Gasteiger partial charge on any atom is -0.410 e. The van der Waals surface area contributed by atoms with Crippen molar-refractivity contribution in [3.05, 3.63) is 101 Å². The third-order valence-electron chi connectivity index (χ3n) is 3.80. The van der Waals surface area contributed by atoms with Crippen molar-refractivity contribution in [3.63, 3.8) is 0 Å². The van der Waals surface area contributed by atoms with Crippen LogP contribution in [0.1, 0.15) is 27.9 Å². The molecule has 0 bridgehead atoms. The first-order valence-electron chi connectivity index (χ1n) is 7.55. The van der Waals surface area contributed by atoms with Crippen molar-refractivity contribution in [2.24, 2.45) is 5.16 Å². The average molecular weight is 302 g/mol. The molecule has 1 aromatic heterocycles. The van der Waals surface area contributed by atoms with Gasteiger partial charge in [0, 0.05) is 11.8 Å². The Hall–Kier alpha value is -2.94. The Morgan fingerprint density at radius 3 is 2.39 bits per heavy atom. The van der Waals surface area contributed by atoms with Crippen LogP contribution in [0.5, 0.6) is 0 Å². The van der Waals surface area contributed by atoms with Gasteiger partial charge in [0.25, 0.3) is 0 Å². The number of hydrogen-bond acceptors (Lipinski definition) is 3. The van der Waals surface area contributed by atoms with Gasteiger partial charge < -0.3 is 5.21 Å². The number of nitrogens with zero attached hydrogens (tertiary/aromatic N) is 2. The minimum absolute atomic E-state index is 0.494. The third kappa shape index (κ3) is 3.46. The van der Waals surface area contributed by atoms with E-state index in [1.54, 1.807) is 6.20 Å². The molecule has 2 aromatic carbocycles. The summed E-state index contributed by atoms with van der Waals surface area (Å²) >= 11 is 0.